The first-order valence-electron chi connectivity index (χ1n) is 12.2. The van der Waals surface area contributed by atoms with Crippen molar-refractivity contribution in [3.63, 3.8) is 0 Å². The summed E-state index contributed by atoms with van der Waals surface area (Å²) in [5.74, 6) is 1.51. The van der Waals surface area contributed by atoms with Crippen LogP contribution < -0.4 is 9.47 Å². The van der Waals surface area contributed by atoms with Crippen LogP contribution in [-0.4, -0.2) is 19.3 Å². The summed E-state index contributed by atoms with van der Waals surface area (Å²) in [6.07, 6.45) is 0. The molecular formula is C33H28O3. The molecule has 0 heterocycles. The fourth-order valence-electron chi connectivity index (χ4n) is 5.60. The molecule has 5 aromatic carbocycles. The second-order valence-electron chi connectivity index (χ2n) is 9.90. The van der Waals surface area contributed by atoms with Crippen LogP contribution in [0.3, 0.4) is 0 Å². The highest BCUT2D eigenvalue weighted by Crippen LogP contribution is 2.54. The normalized spacial score (nSPS) is 13.3. The Hall–Kier alpha value is -4.24. The van der Waals surface area contributed by atoms with Gasteiger partial charge in [-0.15, -0.1) is 0 Å². The van der Waals surface area contributed by atoms with Gasteiger partial charge in [0.15, 0.2) is 11.5 Å². The van der Waals surface area contributed by atoms with E-state index in [1.807, 2.05) is 24.3 Å². The van der Waals surface area contributed by atoms with Gasteiger partial charge < -0.3 is 14.6 Å². The van der Waals surface area contributed by atoms with E-state index in [0.717, 1.165) is 21.9 Å². The maximum Gasteiger partial charge on any atom is 0.161 e. The number of hydrogen-bond acceptors (Lipinski definition) is 3. The van der Waals surface area contributed by atoms with Crippen LogP contribution in [0, 0.1) is 0 Å². The van der Waals surface area contributed by atoms with E-state index >= 15 is 0 Å². The molecular weight excluding hydrogens is 444 g/mol. The van der Waals surface area contributed by atoms with Gasteiger partial charge in [0.1, 0.15) is 5.75 Å². The summed E-state index contributed by atoms with van der Waals surface area (Å²) >= 11 is 0. The van der Waals surface area contributed by atoms with Crippen LogP contribution in [-0.2, 0) is 5.41 Å². The van der Waals surface area contributed by atoms with Crippen LogP contribution in [0.2, 0.25) is 0 Å². The number of rotatable bonds is 4. The van der Waals surface area contributed by atoms with Gasteiger partial charge in [0.2, 0.25) is 0 Å². The van der Waals surface area contributed by atoms with E-state index in [1.54, 1.807) is 14.2 Å². The lowest BCUT2D eigenvalue weighted by Crippen LogP contribution is -2.15. The molecule has 3 nitrogen and oxygen atoms in total. The lowest BCUT2D eigenvalue weighted by molar-refractivity contribution is 0.355. The van der Waals surface area contributed by atoms with Gasteiger partial charge >= 0.3 is 0 Å². The zero-order valence-corrected chi connectivity index (χ0v) is 20.9. The van der Waals surface area contributed by atoms with Gasteiger partial charge in [-0.1, -0.05) is 80.6 Å². The number of methoxy groups -OCH3 is 2. The second-order valence-corrected chi connectivity index (χ2v) is 9.90. The molecule has 3 heteroatoms. The molecule has 0 aromatic heterocycles. The summed E-state index contributed by atoms with van der Waals surface area (Å²) < 4.78 is 11.1. The highest BCUT2D eigenvalue weighted by atomic mass is 16.5. The standard InChI is InChI=1S/C33H28O3/c1-33(2)27-16-23(22-12-10-21(11-13-22)20-8-6-5-7-9-20)14-15-24(27)32-26-18-31(36-4)30(35-3)17-25(26)29(34)19-28(32)33/h5-19,34H,1-4H3. The topological polar surface area (TPSA) is 38.7 Å². The van der Waals surface area contributed by atoms with Gasteiger partial charge in [0, 0.05) is 10.8 Å². The lowest BCUT2D eigenvalue weighted by Gasteiger charge is -2.22. The van der Waals surface area contributed by atoms with Gasteiger partial charge in [-0.3, -0.25) is 0 Å². The molecule has 0 saturated heterocycles. The molecule has 178 valence electrons. The fourth-order valence-corrected chi connectivity index (χ4v) is 5.60. The molecule has 1 aliphatic carbocycles. The van der Waals surface area contributed by atoms with Crippen molar-refractivity contribution in [3.8, 4) is 50.6 Å². The van der Waals surface area contributed by atoms with Crippen LogP contribution in [0.4, 0.5) is 0 Å². The van der Waals surface area contributed by atoms with Crippen molar-refractivity contribution < 1.29 is 14.6 Å². The van der Waals surface area contributed by atoms with Crippen molar-refractivity contribution in [1.29, 1.82) is 0 Å². The number of aromatic hydroxyl groups is 1. The van der Waals surface area contributed by atoms with E-state index in [-0.39, 0.29) is 11.2 Å². The summed E-state index contributed by atoms with van der Waals surface area (Å²) in [5, 5.41) is 12.7. The molecule has 0 amide bonds. The Kier molecular flexibility index (Phi) is 5.04. The average Bonchev–Trinajstić information content (AvgIpc) is 3.14. The van der Waals surface area contributed by atoms with Gasteiger partial charge in [0.05, 0.1) is 14.2 Å². The third-order valence-corrected chi connectivity index (χ3v) is 7.58. The van der Waals surface area contributed by atoms with E-state index in [2.05, 4.69) is 80.6 Å². The highest BCUT2D eigenvalue weighted by molar-refractivity contribution is 6.06. The van der Waals surface area contributed by atoms with Crippen LogP contribution >= 0.6 is 0 Å². The molecule has 0 unspecified atom stereocenters. The number of ether oxygens (including phenoxy) is 2. The van der Waals surface area contributed by atoms with E-state index in [0.29, 0.717) is 11.5 Å². The van der Waals surface area contributed by atoms with Gasteiger partial charge in [-0.05, 0) is 74.2 Å². The third-order valence-electron chi connectivity index (χ3n) is 7.58. The third kappa shape index (κ3) is 3.27. The van der Waals surface area contributed by atoms with Crippen LogP contribution in [0.1, 0.15) is 25.0 Å². The Balaban J connectivity index is 1.50. The Bertz CT molecular complexity index is 1610. The first-order chi connectivity index (χ1) is 17.4. The zero-order chi connectivity index (χ0) is 25.0. The molecule has 0 atom stereocenters. The number of hydrogen-bond donors (Lipinski definition) is 1. The van der Waals surface area contributed by atoms with Crippen LogP contribution in [0.5, 0.6) is 17.2 Å². The van der Waals surface area contributed by atoms with Gasteiger partial charge in [0.25, 0.3) is 0 Å². The number of phenolic OH excluding ortho intramolecular Hbond substituents is 1. The number of benzene rings is 5. The molecule has 0 spiro atoms. The van der Waals surface area contributed by atoms with E-state index in [4.69, 9.17) is 9.47 Å². The Labute approximate surface area is 211 Å². The zero-order valence-electron chi connectivity index (χ0n) is 20.9. The van der Waals surface area contributed by atoms with Crippen molar-refractivity contribution in [1.82, 2.24) is 0 Å². The quantitative estimate of drug-likeness (QED) is 0.286. The molecule has 0 bridgehead atoms. The second kappa shape index (κ2) is 8.17. The molecule has 0 fully saturated rings. The predicted octanol–water partition coefficient (Wildman–Crippen LogP) is 8.20. The van der Waals surface area contributed by atoms with Gasteiger partial charge in [-0.2, -0.15) is 0 Å². The van der Waals surface area contributed by atoms with Crippen LogP contribution in [0.15, 0.2) is 91.0 Å². The van der Waals surface area contributed by atoms with Crippen molar-refractivity contribution >= 4 is 10.8 Å². The van der Waals surface area contributed by atoms with Crippen molar-refractivity contribution in [3.05, 3.63) is 102 Å². The highest BCUT2D eigenvalue weighted by Gasteiger charge is 2.37. The first-order valence-corrected chi connectivity index (χ1v) is 12.2. The minimum Gasteiger partial charge on any atom is -0.507 e. The minimum absolute atomic E-state index is 0.252. The summed E-state index contributed by atoms with van der Waals surface area (Å²) in [6, 6.07) is 31.7. The maximum absolute atomic E-state index is 11.0. The summed E-state index contributed by atoms with van der Waals surface area (Å²) in [7, 11) is 3.25. The van der Waals surface area contributed by atoms with Crippen molar-refractivity contribution in [2.45, 2.75) is 19.3 Å². The minimum atomic E-state index is -0.260. The Morgan fingerprint density at radius 3 is 1.78 bits per heavy atom. The molecule has 6 rings (SSSR count). The van der Waals surface area contributed by atoms with Crippen molar-refractivity contribution in [2.24, 2.45) is 0 Å². The van der Waals surface area contributed by atoms with E-state index < -0.39 is 0 Å². The summed E-state index contributed by atoms with van der Waals surface area (Å²) in [4.78, 5) is 0. The molecule has 0 saturated carbocycles. The SMILES string of the molecule is COc1cc2c(O)cc3c(c2cc1OC)-c1ccc(-c2ccc(-c4ccccc4)cc2)cc1C3(C)C. The monoisotopic (exact) mass is 472 g/mol. The summed E-state index contributed by atoms with van der Waals surface area (Å²) in [5.41, 5.74) is 9.24. The molecule has 5 aromatic rings. The van der Waals surface area contributed by atoms with E-state index in [1.165, 1.54) is 33.4 Å². The number of fused-ring (bicyclic) bond motifs is 5. The molecule has 36 heavy (non-hydrogen) atoms. The van der Waals surface area contributed by atoms with Gasteiger partial charge in [-0.25, -0.2) is 0 Å². The lowest BCUT2D eigenvalue weighted by atomic mass is 9.81. The average molecular weight is 473 g/mol. The van der Waals surface area contributed by atoms with Crippen molar-refractivity contribution in [2.75, 3.05) is 14.2 Å². The maximum atomic E-state index is 11.0. The predicted molar refractivity (Wildman–Crippen MR) is 147 cm³/mol. The first kappa shape index (κ1) is 22.2. The summed E-state index contributed by atoms with van der Waals surface area (Å²) in [6.45, 7) is 4.46. The smallest absolute Gasteiger partial charge is 0.161 e. The van der Waals surface area contributed by atoms with Crippen LogP contribution in [0.25, 0.3) is 44.2 Å². The molecule has 0 radical (unpaired) electrons. The largest absolute Gasteiger partial charge is 0.507 e. The Morgan fingerprint density at radius 2 is 1.14 bits per heavy atom. The van der Waals surface area contributed by atoms with E-state index in [9.17, 15) is 5.11 Å². The molecule has 1 N–H and O–H groups in total. The molecule has 1 aliphatic rings. The fraction of sp³-hybridized carbons (Fsp3) is 0.152. The Morgan fingerprint density at radius 1 is 0.583 bits per heavy atom. The number of phenols is 1. The molecule has 0 aliphatic heterocycles.